The van der Waals surface area contributed by atoms with Gasteiger partial charge >= 0.3 is 0 Å². The molecule has 0 aliphatic carbocycles. The predicted molar refractivity (Wildman–Crippen MR) is 108 cm³/mol. The highest BCUT2D eigenvalue weighted by atomic mass is 79.9. The molecule has 0 atom stereocenters. The van der Waals surface area contributed by atoms with Crippen molar-refractivity contribution >= 4 is 61.8 Å². The maximum absolute atomic E-state index is 12.5. The van der Waals surface area contributed by atoms with E-state index >= 15 is 0 Å². The number of rotatable bonds is 5. The molecule has 2 heterocycles. The van der Waals surface area contributed by atoms with E-state index < -0.39 is 0 Å². The van der Waals surface area contributed by atoms with Gasteiger partial charge in [0.15, 0.2) is 0 Å². The Balaban J connectivity index is 1.81. The summed E-state index contributed by atoms with van der Waals surface area (Å²) in [6, 6.07) is 6.98. The summed E-state index contributed by atoms with van der Waals surface area (Å²) in [6.45, 7) is 1.42. The highest BCUT2D eigenvalue weighted by Gasteiger charge is 2.15. The van der Waals surface area contributed by atoms with Crippen LogP contribution in [0.3, 0.4) is 0 Å². The number of halogens is 1. The Hall–Kier alpha value is -2.23. The molecule has 6 nitrogen and oxygen atoms in total. The van der Waals surface area contributed by atoms with Crippen molar-refractivity contribution < 1.29 is 14.3 Å². The first-order valence-corrected chi connectivity index (χ1v) is 9.98. The van der Waals surface area contributed by atoms with Crippen molar-refractivity contribution in [2.75, 3.05) is 17.7 Å². The van der Waals surface area contributed by atoms with Gasteiger partial charge in [0.25, 0.3) is 5.91 Å². The molecular formula is C17H14BrN3O3S2. The molecule has 0 unspecified atom stereocenters. The molecular weight excluding hydrogens is 438 g/mol. The third-order valence-electron chi connectivity index (χ3n) is 3.28. The van der Waals surface area contributed by atoms with Gasteiger partial charge in [-0.1, -0.05) is 0 Å². The summed E-state index contributed by atoms with van der Waals surface area (Å²) in [6.07, 6.45) is 0. The topological polar surface area (TPSA) is 80.3 Å². The fourth-order valence-electron chi connectivity index (χ4n) is 2.19. The van der Waals surface area contributed by atoms with Crippen LogP contribution in [0.2, 0.25) is 0 Å². The molecule has 0 saturated heterocycles. The number of methoxy groups -OCH3 is 1. The standard InChI is InChI=1S/C17H14BrN3O3S2/c1-9(22)19-11-3-4-14(24-2)12(6-11)20-16(23)13-8-26-17(21-13)15-5-10(18)7-25-15/h3-8H,1-2H3,(H,19,22)(H,20,23). The van der Waals surface area contributed by atoms with Gasteiger partial charge in [-0.3, -0.25) is 9.59 Å². The van der Waals surface area contributed by atoms with Gasteiger partial charge in [0, 0.05) is 27.8 Å². The van der Waals surface area contributed by atoms with Gasteiger partial charge < -0.3 is 15.4 Å². The van der Waals surface area contributed by atoms with E-state index in [4.69, 9.17) is 4.74 Å². The summed E-state index contributed by atoms with van der Waals surface area (Å²) in [5, 5.41) is 9.92. The third-order valence-corrected chi connectivity index (χ3v) is 5.99. The fourth-order valence-corrected chi connectivity index (χ4v) is 4.50. The number of amides is 2. The zero-order valence-electron chi connectivity index (χ0n) is 13.8. The maximum atomic E-state index is 12.5. The molecule has 9 heteroatoms. The third kappa shape index (κ3) is 4.29. The molecule has 0 aliphatic heterocycles. The Morgan fingerprint density at radius 3 is 2.62 bits per heavy atom. The van der Waals surface area contributed by atoms with Crippen LogP contribution in [0.5, 0.6) is 5.75 Å². The first-order valence-electron chi connectivity index (χ1n) is 7.43. The zero-order valence-corrected chi connectivity index (χ0v) is 17.0. The van der Waals surface area contributed by atoms with E-state index in [1.54, 1.807) is 34.9 Å². The second kappa shape index (κ2) is 7.98. The van der Waals surface area contributed by atoms with Crippen LogP contribution in [-0.4, -0.2) is 23.9 Å². The van der Waals surface area contributed by atoms with Crippen LogP contribution >= 0.6 is 38.6 Å². The lowest BCUT2D eigenvalue weighted by molar-refractivity contribution is -0.114. The van der Waals surface area contributed by atoms with Gasteiger partial charge in [-0.25, -0.2) is 4.98 Å². The number of ether oxygens (including phenoxy) is 1. The lowest BCUT2D eigenvalue weighted by Crippen LogP contribution is -2.14. The molecule has 0 saturated carbocycles. The van der Waals surface area contributed by atoms with Crippen LogP contribution in [0.1, 0.15) is 17.4 Å². The number of hydrogen-bond donors (Lipinski definition) is 2. The van der Waals surface area contributed by atoms with Crippen LogP contribution < -0.4 is 15.4 Å². The van der Waals surface area contributed by atoms with Crippen LogP contribution in [0, 0.1) is 0 Å². The Kier molecular flexibility index (Phi) is 5.70. The molecule has 0 bridgehead atoms. The Morgan fingerprint density at radius 2 is 1.96 bits per heavy atom. The molecule has 3 rings (SSSR count). The molecule has 26 heavy (non-hydrogen) atoms. The smallest absolute Gasteiger partial charge is 0.275 e. The van der Waals surface area contributed by atoms with Gasteiger partial charge in [0.2, 0.25) is 5.91 Å². The van der Waals surface area contributed by atoms with Crippen molar-refractivity contribution in [2.24, 2.45) is 0 Å². The van der Waals surface area contributed by atoms with Gasteiger partial charge in [-0.05, 0) is 40.2 Å². The monoisotopic (exact) mass is 451 g/mol. The van der Waals surface area contributed by atoms with E-state index in [1.807, 2.05) is 11.4 Å². The summed E-state index contributed by atoms with van der Waals surface area (Å²) < 4.78 is 6.26. The van der Waals surface area contributed by atoms with E-state index in [0.717, 1.165) is 14.4 Å². The normalized spacial score (nSPS) is 10.4. The summed E-state index contributed by atoms with van der Waals surface area (Å²) in [5.74, 6) is -0.0508. The molecule has 1 aromatic carbocycles. The molecule has 2 amide bonds. The second-order valence-corrected chi connectivity index (χ2v) is 7.90. The lowest BCUT2D eigenvalue weighted by Gasteiger charge is -2.11. The lowest BCUT2D eigenvalue weighted by atomic mass is 10.2. The number of hydrogen-bond acceptors (Lipinski definition) is 6. The van der Waals surface area contributed by atoms with Crippen molar-refractivity contribution in [2.45, 2.75) is 6.92 Å². The largest absolute Gasteiger partial charge is 0.495 e. The minimum atomic E-state index is -0.346. The number of carbonyl (C=O) groups excluding carboxylic acids is 2. The van der Waals surface area contributed by atoms with Crippen molar-refractivity contribution in [1.82, 2.24) is 4.98 Å². The minimum Gasteiger partial charge on any atom is -0.495 e. The van der Waals surface area contributed by atoms with E-state index in [1.165, 1.54) is 25.4 Å². The average Bonchev–Trinajstić information content (AvgIpc) is 3.23. The van der Waals surface area contributed by atoms with Crippen LogP contribution in [0.4, 0.5) is 11.4 Å². The molecule has 0 spiro atoms. The van der Waals surface area contributed by atoms with Gasteiger partial charge in [-0.2, -0.15) is 0 Å². The Morgan fingerprint density at radius 1 is 1.15 bits per heavy atom. The number of carbonyl (C=O) groups is 2. The fraction of sp³-hybridized carbons (Fsp3) is 0.118. The van der Waals surface area contributed by atoms with Crippen molar-refractivity contribution in [1.29, 1.82) is 0 Å². The quantitative estimate of drug-likeness (QED) is 0.580. The van der Waals surface area contributed by atoms with E-state index in [-0.39, 0.29) is 11.8 Å². The molecule has 3 aromatic rings. The number of benzene rings is 1. The molecule has 0 aliphatic rings. The first kappa shape index (κ1) is 18.6. The van der Waals surface area contributed by atoms with Crippen molar-refractivity contribution in [3.8, 4) is 15.6 Å². The summed E-state index contributed by atoms with van der Waals surface area (Å²) in [4.78, 5) is 29.2. The SMILES string of the molecule is COc1ccc(NC(C)=O)cc1NC(=O)c1csc(-c2cc(Br)cs2)n1. The van der Waals surface area contributed by atoms with Crippen molar-refractivity contribution in [3.05, 3.63) is 45.2 Å². The Bertz CT molecular complexity index is 968. The molecule has 134 valence electrons. The second-order valence-electron chi connectivity index (χ2n) is 5.22. The van der Waals surface area contributed by atoms with Crippen LogP contribution in [0.15, 0.2) is 39.5 Å². The molecule has 0 fully saturated rings. The summed E-state index contributed by atoms with van der Waals surface area (Å²) >= 11 is 6.37. The number of thiazole rings is 1. The minimum absolute atomic E-state index is 0.196. The summed E-state index contributed by atoms with van der Waals surface area (Å²) in [5.41, 5.74) is 1.34. The van der Waals surface area contributed by atoms with E-state index in [2.05, 4.69) is 31.5 Å². The maximum Gasteiger partial charge on any atom is 0.275 e. The number of thiophene rings is 1. The predicted octanol–water partition coefficient (Wildman–Crippen LogP) is 4.85. The van der Waals surface area contributed by atoms with E-state index in [0.29, 0.717) is 22.8 Å². The van der Waals surface area contributed by atoms with Crippen molar-refractivity contribution in [3.63, 3.8) is 0 Å². The highest BCUT2D eigenvalue weighted by Crippen LogP contribution is 2.33. The Labute approximate surface area is 166 Å². The number of aromatic nitrogens is 1. The number of nitrogens with zero attached hydrogens (tertiary/aromatic N) is 1. The van der Waals surface area contributed by atoms with Gasteiger partial charge in [0.1, 0.15) is 16.5 Å². The number of nitrogens with one attached hydrogen (secondary N) is 2. The highest BCUT2D eigenvalue weighted by molar-refractivity contribution is 9.10. The molecule has 0 radical (unpaired) electrons. The molecule has 2 N–H and O–H groups in total. The molecule has 2 aromatic heterocycles. The average molecular weight is 452 g/mol. The van der Waals surface area contributed by atoms with Gasteiger partial charge in [-0.15, -0.1) is 22.7 Å². The van der Waals surface area contributed by atoms with Crippen LogP contribution in [0.25, 0.3) is 9.88 Å². The summed E-state index contributed by atoms with van der Waals surface area (Å²) in [7, 11) is 1.51. The van der Waals surface area contributed by atoms with E-state index in [9.17, 15) is 9.59 Å². The number of anilines is 2. The van der Waals surface area contributed by atoms with Crippen LogP contribution in [-0.2, 0) is 4.79 Å². The van der Waals surface area contributed by atoms with Gasteiger partial charge in [0.05, 0.1) is 17.7 Å². The first-order chi connectivity index (χ1) is 12.5. The zero-order chi connectivity index (χ0) is 18.7.